The van der Waals surface area contributed by atoms with E-state index in [0.29, 0.717) is 0 Å². The normalized spacial score (nSPS) is 11.8. The highest BCUT2D eigenvalue weighted by Gasteiger charge is 2.11. The van der Waals surface area contributed by atoms with Gasteiger partial charge >= 0.3 is 5.97 Å². The summed E-state index contributed by atoms with van der Waals surface area (Å²) in [6.45, 7) is 8.46. The standard InChI is InChI=1S/C23H38N2O3/c1-4-5-6-7-8-9-10-11-12-13-16-25-17-14-21(15-18-25)24-19-22(26)28-23(27)20(2)3/h14-15,17-18,22,26H,2,4-13,16,19H2,1,3H3/p+1. The lowest BCUT2D eigenvalue weighted by molar-refractivity contribution is -0.697. The molecule has 0 spiro atoms. The van der Waals surface area contributed by atoms with Gasteiger partial charge in [-0.25, -0.2) is 9.36 Å². The highest BCUT2D eigenvalue weighted by molar-refractivity contribution is 5.87. The number of hydrogen-bond donors (Lipinski definition) is 2. The molecule has 1 rings (SSSR count). The number of aliphatic hydroxyl groups is 1. The van der Waals surface area contributed by atoms with E-state index < -0.39 is 12.3 Å². The minimum Gasteiger partial charge on any atom is -0.431 e. The van der Waals surface area contributed by atoms with Crippen molar-refractivity contribution >= 4 is 11.7 Å². The SMILES string of the molecule is C=C(C)C(=O)OC(O)CNc1cc[n+](CCCCCCCCCCCC)cc1. The summed E-state index contributed by atoms with van der Waals surface area (Å²) in [7, 11) is 0. The van der Waals surface area contributed by atoms with Crippen LogP contribution >= 0.6 is 0 Å². The van der Waals surface area contributed by atoms with Gasteiger partial charge in [0.25, 0.3) is 0 Å². The van der Waals surface area contributed by atoms with Crippen LogP contribution in [-0.4, -0.2) is 23.9 Å². The van der Waals surface area contributed by atoms with Crippen LogP contribution in [0.1, 0.15) is 78.1 Å². The molecule has 28 heavy (non-hydrogen) atoms. The molecule has 5 nitrogen and oxygen atoms in total. The summed E-state index contributed by atoms with van der Waals surface area (Å²) in [4.78, 5) is 11.3. The third-order valence-corrected chi connectivity index (χ3v) is 4.73. The molecule has 0 aliphatic heterocycles. The Kier molecular flexibility index (Phi) is 13.0. The Hall–Kier alpha value is -1.88. The molecular formula is C23H39N2O3+. The van der Waals surface area contributed by atoms with E-state index in [1.807, 2.05) is 24.5 Å². The quantitative estimate of drug-likeness (QED) is 0.140. The van der Waals surface area contributed by atoms with E-state index in [9.17, 15) is 9.90 Å². The van der Waals surface area contributed by atoms with Gasteiger partial charge in [0.2, 0.25) is 6.29 Å². The molecule has 0 amide bonds. The fraction of sp³-hybridized carbons (Fsp3) is 0.652. The number of rotatable bonds is 16. The minimum absolute atomic E-state index is 0.140. The van der Waals surface area contributed by atoms with Gasteiger partial charge in [0.15, 0.2) is 12.4 Å². The molecule has 5 heteroatoms. The first kappa shape index (κ1) is 24.2. The molecule has 0 radical (unpaired) electrons. The molecule has 0 aromatic carbocycles. The first-order valence-corrected chi connectivity index (χ1v) is 10.8. The van der Waals surface area contributed by atoms with Crippen molar-refractivity contribution in [1.82, 2.24) is 0 Å². The summed E-state index contributed by atoms with van der Waals surface area (Å²) in [5.41, 5.74) is 1.15. The van der Waals surface area contributed by atoms with E-state index in [-0.39, 0.29) is 12.1 Å². The van der Waals surface area contributed by atoms with Crippen LogP contribution in [0.4, 0.5) is 5.69 Å². The molecule has 0 aliphatic rings. The summed E-state index contributed by atoms with van der Waals surface area (Å²) < 4.78 is 7.00. The van der Waals surface area contributed by atoms with E-state index in [4.69, 9.17) is 4.74 Å². The molecule has 2 N–H and O–H groups in total. The summed E-state index contributed by atoms with van der Waals surface area (Å²) in [5, 5.41) is 12.7. The molecule has 0 aliphatic carbocycles. The number of anilines is 1. The third-order valence-electron chi connectivity index (χ3n) is 4.73. The average molecular weight is 392 g/mol. The number of nitrogens with one attached hydrogen (secondary N) is 1. The van der Waals surface area contributed by atoms with Crippen LogP contribution in [0, 0.1) is 0 Å². The van der Waals surface area contributed by atoms with Crippen molar-refractivity contribution < 1.29 is 19.2 Å². The Morgan fingerprint density at radius 2 is 1.61 bits per heavy atom. The van der Waals surface area contributed by atoms with Crippen LogP contribution in [0.3, 0.4) is 0 Å². The van der Waals surface area contributed by atoms with Gasteiger partial charge in [0.05, 0.1) is 6.54 Å². The number of unbranched alkanes of at least 4 members (excludes halogenated alkanes) is 9. The van der Waals surface area contributed by atoms with Crippen molar-refractivity contribution in [2.24, 2.45) is 0 Å². The maximum Gasteiger partial charge on any atom is 0.335 e. The Balaban J connectivity index is 2.10. The fourth-order valence-corrected chi connectivity index (χ4v) is 2.98. The minimum atomic E-state index is -1.19. The molecule has 0 saturated carbocycles. The van der Waals surface area contributed by atoms with Crippen LogP contribution in [0.25, 0.3) is 0 Å². The lowest BCUT2D eigenvalue weighted by Gasteiger charge is -2.13. The van der Waals surface area contributed by atoms with Crippen molar-refractivity contribution in [3.63, 3.8) is 0 Å². The summed E-state index contributed by atoms with van der Waals surface area (Å²) in [6, 6.07) is 3.92. The first-order valence-electron chi connectivity index (χ1n) is 10.8. The molecule has 158 valence electrons. The molecule has 1 atom stereocenters. The largest absolute Gasteiger partial charge is 0.431 e. The van der Waals surface area contributed by atoms with Crippen LogP contribution < -0.4 is 9.88 Å². The molecule has 1 aromatic rings. The molecule has 1 aromatic heterocycles. The van der Waals surface area contributed by atoms with E-state index in [0.717, 1.165) is 12.2 Å². The molecule has 0 bridgehead atoms. The average Bonchev–Trinajstić information content (AvgIpc) is 2.68. The Morgan fingerprint density at radius 3 is 2.14 bits per heavy atom. The van der Waals surface area contributed by atoms with Gasteiger partial charge in [-0.2, -0.15) is 0 Å². The second-order valence-electron chi connectivity index (χ2n) is 7.53. The van der Waals surface area contributed by atoms with Crippen LogP contribution in [0.5, 0.6) is 0 Å². The third kappa shape index (κ3) is 11.8. The number of aryl methyl sites for hydroxylation is 1. The smallest absolute Gasteiger partial charge is 0.335 e. The van der Waals surface area contributed by atoms with Crippen LogP contribution in [0.2, 0.25) is 0 Å². The maximum atomic E-state index is 11.3. The van der Waals surface area contributed by atoms with Crippen molar-refractivity contribution in [2.75, 3.05) is 11.9 Å². The molecule has 0 fully saturated rings. The van der Waals surface area contributed by atoms with Gasteiger partial charge in [-0.15, -0.1) is 0 Å². The number of pyridine rings is 1. The van der Waals surface area contributed by atoms with Gasteiger partial charge in [0, 0.05) is 29.8 Å². The van der Waals surface area contributed by atoms with Crippen LogP contribution in [-0.2, 0) is 16.1 Å². The highest BCUT2D eigenvalue weighted by atomic mass is 16.6. The van der Waals surface area contributed by atoms with E-state index in [2.05, 4.69) is 23.4 Å². The fourth-order valence-electron chi connectivity index (χ4n) is 2.98. The van der Waals surface area contributed by atoms with Crippen molar-refractivity contribution in [3.8, 4) is 0 Å². The van der Waals surface area contributed by atoms with Crippen molar-refractivity contribution in [3.05, 3.63) is 36.7 Å². The number of nitrogens with zero attached hydrogens (tertiary/aromatic N) is 1. The summed E-state index contributed by atoms with van der Waals surface area (Å²) in [5.74, 6) is -0.586. The first-order chi connectivity index (χ1) is 13.5. The van der Waals surface area contributed by atoms with Gasteiger partial charge in [-0.1, -0.05) is 64.9 Å². The van der Waals surface area contributed by atoms with Gasteiger partial charge < -0.3 is 15.2 Å². The zero-order valence-electron chi connectivity index (χ0n) is 17.8. The molecule has 1 heterocycles. The van der Waals surface area contributed by atoms with Gasteiger partial charge in [0.1, 0.15) is 6.54 Å². The Morgan fingerprint density at radius 1 is 1.07 bits per heavy atom. The predicted molar refractivity (Wildman–Crippen MR) is 114 cm³/mol. The lowest BCUT2D eigenvalue weighted by atomic mass is 10.1. The van der Waals surface area contributed by atoms with Gasteiger partial charge in [-0.05, 0) is 13.3 Å². The lowest BCUT2D eigenvalue weighted by Crippen LogP contribution is -2.32. The Bertz CT molecular complexity index is 557. The van der Waals surface area contributed by atoms with E-state index >= 15 is 0 Å². The topological polar surface area (TPSA) is 62.4 Å². The Labute approximate surface area is 170 Å². The van der Waals surface area contributed by atoms with Gasteiger partial charge in [-0.3, -0.25) is 0 Å². The number of esters is 1. The number of carbonyl (C=O) groups excluding carboxylic acids is 1. The van der Waals surface area contributed by atoms with Crippen molar-refractivity contribution in [2.45, 2.75) is 90.9 Å². The van der Waals surface area contributed by atoms with Crippen LogP contribution in [0.15, 0.2) is 36.7 Å². The predicted octanol–water partition coefficient (Wildman–Crippen LogP) is 4.74. The molecular weight excluding hydrogens is 352 g/mol. The van der Waals surface area contributed by atoms with E-state index in [1.54, 1.807) is 6.92 Å². The highest BCUT2D eigenvalue weighted by Crippen LogP contribution is 2.10. The molecule has 1 unspecified atom stereocenters. The zero-order chi connectivity index (χ0) is 20.6. The number of aliphatic hydroxyl groups excluding tert-OH is 1. The number of aromatic nitrogens is 1. The second-order valence-corrected chi connectivity index (χ2v) is 7.53. The van der Waals surface area contributed by atoms with E-state index in [1.165, 1.54) is 64.2 Å². The number of carbonyl (C=O) groups is 1. The monoisotopic (exact) mass is 391 g/mol. The second kappa shape index (κ2) is 15.1. The summed E-state index contributed by atoms with van der Waals surface area (Å²) >= 11 is 0. The number of hydrogen-bond acceptors (Lipinski definition) is 4. The summed E-state index contributed by atoms with van der Waals surface area (Å²) in [6.07, 6.45) is 16.3. The number of ether oxygens (including phenoxy) is 1. The zero-order valence-corrected chi connectivity index (χ0v) is 17.8. The molecule has 0 saturated heterocycles. The maximum absolute atomic E-state index is 11.3. The van der Waals surface area contributed by atoms with Crippen molar-refractivity contribution in [1.29, 1.82) is 0 Å².